The fourth-order valence-corrected chi connectivity index (χ4v) is 2.01. The predicted molar refractivity (Wildman–Crippen MR) is 64.7 cm³/mol. The molecule has 0 radical (unpaired) electrons. The van der Waals surface area contributed by atoms with Crippen molar-refractivity contribution in [2.24, 2.45) is 0 Å². The first-order chi connectivity index (χ1) is 7.54. The normalized spacial score (nSPS) is 11.3. The smallest absolute Gasteiger partial charge is 0.229 e. The summed E-state index contributed by atoms with van der Waals surface area (Å²) in [7, 11) is -3.20. The van der Waals surface area contributed by atoms with Crippen LogP contribution in [0.25, 0.3) is 11.3 Å². The van der Waals surface area contributed by atoms with Gasteiger partial charge in [-0.05, 0) is 29.8 Å². The Morgan fingerprint density at radius 2 is 1.81 bits per heavy atom. The molecule has 1 heterocycles. The van der Waals surface area contributed by atoms with Crippen molar-refractivity contribution < 1.29 is 8.42 Å². The summed E-state index contributed by atoms with van der Waals surface area (Å²) in [6, 6.07) is 11.1. The minimum Gasteiger partial charge on any atom is -0.361 e. The third-order valence-corrected chi connectivity index (χ3v) is 2.70. The molecule has 4 nitrogen and oxygen atoms in total. The Labute approximate surface area is 94.4 Å². The van der Waals surface area contributed by atoms with Crippen molar-refractivity contribution in [2.45, 2.75) is 0 Å². The zero-order valence-electron chi connectivity index (χ0n) is 8.77. The summed E-state index contributed by atoms with van der Waals surface area (Å²) in [4.78, 5) is 3.08. The minimum absolute atomic E-state index is 0.567. The third-order valence-electron chi connectivity index (χ3n) is 2.10. The van der Waals surface area contributed by atoms with Crippen LogP contribution >= 0.6 is 0 Å². The van der Waals surface area contributed by atoms with E-state index in [0.717, 1.165) is 17.5 Å². The molecule has 16 heavy (non-hydrogen) atoms. The van der Waals surface area contributed by atoms with Crippen LogP contribution in [-0.2, 0) is 10.0 Å². The maximum atomic E-state index is 11.0. The summed E-state index contributed by atoms with van der Waals surface area (Å²) in [5, 5.41) is 0. The van der Waals surface area contributed by atoms with Gasteiger partial charge in [0.25, 0.3) is 0 Å². The number of sulfonamides is 1. The molecule has 5 heteroatoms. The van der Waals surface area contributed by atoms with Crippen molar-refractivity contribution in [3.8, 4) is 11.3 Å². The molecule has 0 aliphatic carbocycles. The van der Waals surface area contributed by atoms with Gasteiger partial charge < -0.3 is 4.98 Å². The van der Waals surface area contributed by atoms with Crippen molar-refractivity contribution in [1.82, 2.24) is 4.98 Å². The number of aromatic amines is 1. The van der Waals surface area contributed by atoms with E-state index in [0.29, 0.717) is 5.69 Å². The van der Waals surface area contributed by atoms with Crippen LogP contribution in [0.3, 0.4) is 0 Å². The maximum absolute atomic E-state index is 11.0. The highest BCUT2D eigenvalue weighted by molar-refractivity contribution is 7.92. The molecule has 0 saturated heterocycles. The van der Waals surface area contributed by atoms with Gasteiger partial charge in [-0.15, -0.1) is 0 Å². The summed E-state index contributed by atoms with van der Waals surface area (Å²) in [5.41, 5.74) is 2.59. The number of nitrogens with one attached hydrogen (secondary N) is 2. The third kappa shape index (κ3) is 2.64. The number of anilines is 1. The molecule has 2 N–H and O–H groups in total. The van der Waals surface area contributed by atoms with Gasteiger partial charge in [-0.3, -0.25) is 4.72 Å². The first-order valence-electron chi connectivity index (χ1n) is 4.76. The lowest BCUT2D eigenvalue weighted by atomic mass is 10.1. The zero-order chi connectivity index (χ0) is 11.6. The molecule has 0 saturated carbocycles. The van der Waals surface area contributed by atoms with Crippen molar-refractivity contribution in [2.75, 3.05) is 11.0 Å². The largest absolute Gasteiger partial charge is 0.361 e. The highest BCUT2D eigenvalue weighted by Crippen LogP contribution is 2.19. The number of benzene rings is 1. The fraction of sp³-hybridized carbons (Fsp3) is 0.0909. The van der Waals surface area contributed by atoms with Gasteiger partial charge in [-0.25, -0.2) is 8.42 Å². The molecular formula is C11H12N2O2S. The van der Waals surface area contributed by atoms with Crippen molar-refractivity contribution in [3.05, 3.63) is 42.6 Å². The van der Waals surface area contributed by atoms with Crippen molar-refractivity contribution in [1.29, 1.82) is 0 Å². The molecule has 0 unspecified atom stereocenters. The van der Waals surface area contributed by atoms with Crippen molar-refractivity contribution in [3.63, 3.8) is 0 Å². The van der Waals surface area contributed by atoms with Crippen LogP contribution in [0.15, 0.2) is 42.6 Å². The molecule has 0 bridgehead atoms. The molecule has 0 amide bonds. The minimum atomic E-state index is -3.20. The van der Waals surface area contributed by atoms with Gasteiger partial charge in [-0.2, -0.15) is 0 Å². The average molecular weight is 236 g/mol. The Hall–Kier alpha value is -1.75. The Bertz CT molecular complexity index is 557. The lowest BCUT2D eigenvalue weighted by molar-refractivity contribution is 0.607. The van der Waals surface area contributed by atoms with E-state index in [1.54, 1.807) is 12.1 Å². The van der Waals surface area contributed by atoms with E-state index in [1.807, 2.05) is 30.5 Å². The van der Waals surface area contributed by atoms with E-state index < -0.39 is 10.0 Å². The van der Waals surface area contributed by atoms with Crippen LogP contribution in [0.4, 0.5) is 5.69 Å². The highest BCUT2D eigenvalue weighted by Gasteiger charge is 2.02. The van der Waals surface area contributed by atoms with Gasteiger partial charge >= 0.3 is 0 Å². The number of rotatable bonds is 3. The molecule has 0 fully saturated rings. The number of H-pyrrole nitrogens is 1. The van der Waals surface area contributed by atoms with E-state index in [9.17, 15) is 8.42 Å². The lowest BCUT2D eigenvalue weighted by Crippen LogP contribution is -2.09. The molecule has 0 aliphatic rings. The lowest BCUT2D eigenvalue weighted by Gasteiger charge is -2.04. The zero-order valence-corrected chi connectivity index (χ0v) is 9.58. The summed E-state index contributed by atoms with van der Waals surface area (Å²) >= 11 is 0. The van der Waals surface area contributed by atoms with Gasteiger partial charge in [0.15, 0.2) is 0 Å². The Kier molecular flexibility index (Phi) is 2.70. The molecule has 2 rings (SSSR count). The van der Waals surface area contributed by atoms with E-state index in [2.05, 4.69) is 9.71 Å². The van der Waals surface area contributed by atoms with Crippen LogP contribution in [0.1, 0.15) is 0 Å². The SMILES string of the molecule is CS(=O)(=O)Nc1ccc(-c2ccc[nH]2)cc1. The molecule has 1 aromatic carbocycles. The van der Waals surface area contributed by atoms with Gasteiger partial charge in [0, 0.05) is 17.6 Å². The van der Waals surface area contributed by atoms with Crippen LogP contribution in [0.2, 0.25) is 0 Å². The second-order valence-corrected chi connectivity index (χ2v) is 5.28. The molecule has 0 atom stereocenters. The topological polar surface area (TPSA) is 62.0 Å². The number of aromatic nitrogens is 1. The molecule has 2 aromatic rings. The Balaban J connectivity index is 2.24. The van der Waals surface area contributed by atoms with Gasteiger partial charge in [-0.1, -0.05) is 12.1 Å². The summed E-state index contributed by atoms with van der Waals surface area (Å²) in [5.74, 6) is 0. The number of hydrogen-bond donors (Lipinski definition) is 2. The van der Waals surface area contributed by atoms with Gasteiger partial charge in [0.2, 0.25) is 10.0 Å². The monoisotopic (exact) mass is 236 g/mol. The highest BCUT2D eigenvalue weighted by atomic mass is 32.2. The van der Waals surface area contributed by atoms with Gasteiger partial charge in [0.05, 0.1) is 6.26 Å². The number of hydrogen-bond acceptors (Lipinski definition) is 2. The second-order valence-electron chi connectivity index (χ2n) is 3.54. The Morgan fingerprint density at radius 3 is 2.31 bits per heavy atom. The molecular weight excluding hydrogens is 224 g/mol. The van der Waals surface area contributed by atoms with Crippen LogP contribution in [0.5, 0.6) is 0 Å². The summed E-state index contributed by atoms with van der Waals surface area (Å²) in [6.45, 7) is 0. The standard InChI is InChI=1S/C11H12N2O2S/c1-16(14,15)13-10-6-4-9(5-7-10)11-3-2-8-12-11/h2-8,12-13H,1H3. The predicted octanol–water partition coefficient (Wildman–Crippen LogP) is 2.05. The van der Waals surface area contributed by atoms with Gasteiger partial charge in [0.1, 0.15) is 0 Å². The Morgan fingerprint density at radius 1 is 1.12 bits per heavy atom. The molecule has 1 aromatic heterocycles. The van der Waals surface area contributed by atoms with E-state index in [-0.39, 0.29) is 0 Å². The summed E-state index contributed by atoms with van der Waals surface area (Å²) in [6.07, 6.45) is 2.98. The molecule has 0 aliphatic heterocycles. The van der Waals surface area contributed by atoms with Crippen LogP contribution in [0, 0.1) is 0 Å². The van der Waals surface area contributed by atoms with Crippen molar-refractivity contribution >= 4 is 15.7 Å². The quantitative estimate of drug-likeness (QED) is 0.856. The second kappa shape index (κ2) is 4.02. The van der Waals surface area contributed by atoms with Crippen LogP contribution in [-0.4, -0.2) is 19.7 Å². The van der Waals surface area contributed by atoms with E-state index in [4.69, 9.17) is 0 Å². The fourth-order valence-electron chi connectivity index (χ4n) is 1.44. The molecule has 0 spiro atoms. The van der Waals surface area contributed by atoms with E-state index >= 15 is 0 Å². The van der Waals surface area contributed by atoms with E-state index in [1.165, 1.54) is 0 Å². The van der Waals surface area contributed by atoms with Crippen LogP contribution < -0.4 is 4.72 Å². The first-order valence-corrected chi connectivity index (χ1v) is 6.65. The average Bonchev–Trinajstić information content (AvgIpc) is 2.69. The maximum Gasteiger partial charge on any atom is 0.229 e. The summed E-state index contributed by atoms with van der Waals surface area (Å²) < 4.78 is 24.4. The first kappa shape index (κ1) is 10.8. The molecule has 84 valence electrons.